The third-order valence-corrected chi connectivity index (χ3v) is 2.70. The minimum absolute atomic E-state index is 0.0567. The first-order valence-electron chi connectivity index (χ1n) is 5.98. The van der Waals surface area contributed by atoms with Crippen LogP contribution >= 0.6 is 0 Å². The number of fused-ring (bicyclic) bond motifs is 1. The predicted molar refractivity (Wildman–Crippen MR) is 65.9 cm³/mol. The second-order valence-corrected chi connectivity index (χ2v) is 4.26. The van der Waals surface area contributed by atoms with Gasteiger partial charge in [0.2, 0.25) is 6.79 Å². The summed E-state index contributed by atoms with van der Waals surface area (Å²) in [6.07, 6.45) is -2.41. The molecular formula is C13H12O8. The van der Waals surface area contributed by atoms with E-state index in [2.05, 4.69) is 0 Å². The summed E-state index contributed by atoms with van der Waals surface area (Å²) < 4.78 is 15.2. The van der Waals surface area contributed by atoms with Gasteiger partial charge in [-0.2, -0.15) is 0 Å². The van der Waals surface area contributed by atoms with Crippen molar-refractivity contribution in [2.24, 2.45) is 0 Å². The van der Waals surface area contributed by atoms with Gasteiger partial charge in [-0.15, -0.1) is 0 Å². The van der Waals surface area contributed by atoms with Gasteiger partial charge in [-0.25, -0.2) is 0 Å². The summed E-state index contributed by atoms with van der Waals surface area (Å²) in [7, 11) is 0. The van der Waals surface area contributed by atoms with Crippen LogP contribution in [0.3, 0.4) is 0 Å². The molecule has 1 aliphatic heterocycles. The van der Waals surface area contributed by atoms with Crippen LogP contribution in [0.1, 0.15) is 24.5 Å². The van der Waals surface area contributed by atoms with Crippen LogP contribution in [0.4, 0.5) is 0 Å². The number of rotatable bonds is 6. The number of aliphatic carboxylic acids is 2. The molecule has 0 radical (unpaired) electrons. The highest BCUT2D eigenvalue weighted by atomic mass is 16.7. The molecule has 1 aromatic rings. The lowest BCUT2D eigenvalue weighted by Gasteiger charge is -2.16. The predicted octanol–water partition coefficient (Wildman–Crippen LogP) is 0.949. The summed E-state index contributed by atoms with van der Waals surface area (Å²) in [6, 6.07) is 4.61. The summed E-state index contributed by atoms with van der Waals surface area (Å²) in [5.41, 5.74) is 0.389. The average Bonchev–Trinajstić information content (AvgIpc) is 2.83. The topological polar surface area (TPSA) is 119 Å². The third kappa shape index (κ3) is 3.85. The summed E-state index contributed by atoms with van der Waals surface area (Å²) in [5.74, 6) is -2.62. The van der Waals surface area contributed by atoms with Crippen LogP contribution in [0, 0.1) is 0 Å². The van der Waals surface area contributed by atoms with Crippen LogP contribution in [-0.2, 0) is 19.1 Å². The van der Waals surface area contributed by atoms with E-state index in [1.54, 1.807) is 6.07 Å². The van der Waals surface area contributed by atoms with Gasteiger partial charge in [0.05, 0.1) is 6.42 Å². The molecule has 0 aromatic heterocycles. The van der Waals surface area contributed by atoms with Gasteiger partial charge >= 0.3 is 17.9 Å². The van der Waals surface area contributed by atoms with Crippen molar-refractivity contribution in [1.29, 1.82) is 0 Å². The zero-order valence-electron chi connectivity index (χ0n) is 10.8. The van der Waals surface area contributed by atoms with E-state index < -0.39 is 36.9 Å². The molecule has 2 N–H and O–H groups in total. The zero-order valence-corrected chi connectivity index (χ0v) is 10.8. The van der Waals surface area contributed by atoms with Crippen LogP contribution in [0.5, 0.6) is 11.5 Å². The first-order chi connectivity index (χ1) is 9.95. The Morgan fingerprint density at radius 2 is 1.86 bits per heavy atom. The smallest absolute Gasteiger partial charge is 0.317 e. The van der Waals surface area contributed by atoms with Gasteiger partial charge in [-0.05, 0) is 17.7 Å². The van der Waals surface area contributed by atoms with Crippen molar-refractivity contribution in [2.75, 3.05) is 6.79 Å². The van der Waals surface area contributed by atoms with E-state index in [1.165, 1.54) is 12.1 Å². The molecule has 0 bridgehead atoms. The normalized spacial score (nSPS) is 13.5. The Morgan fingerprint density at radius 1 is 1.14 bits per heavy atom. The molecule has 0 saturated heterocycles. The maximum Gasteiger partial charge on any atom is 0.317 e. The number of hydrogen-bond acceptors (Lipinski definition) is 6. The monoisotopic (exact) mass is 296 g/mol. The van der Waals surface area contributed by atoms with Crippen LogP contribution in [0.25, 0.3) is 0 Å². The fourth-order valence-electron chi connectivity index (χ4n) is 1.82. The fourth-order valence-corrected chi connectivity index (χ4v) is 1.82. The standard InChI is InChI=1S/C13H12O8/c14-11(15)4-9(21-13(18)5-12(16)17)7-1-2-8-10(3-7)20-6-19-8/h1-3,9H,4-6H2,(H,14,15)(H,16,17). The Labute approximate surface area is 118 Å². The highest BCUT2D eigenvalue weighted by Crippen LogP contribution is 2.35. The van der Waals surface area contributed by atoms with Crippen molar-refractivity contribution < 1.29 is 38.8 Å². The molecule has 21 heavy (non-hydrogen) atoms. The first-order valence-corrected chi connectivity index (χ1v) is 5.98. The summed E-state index contributed by atoms with van der Waals surface area (Å²) in [5, 5.41) is 17.4. The van der Waals surface area contributed by atoms with Crippen molar-refractivity contribution >= 4 is 17.9 Å². The maximum atomic E-state index is 11.4. The van der Waals surface area contributed by atoms with E-state index in [9.17, 15) is 14.4 Å². The maximum absolute atomic E-state index is 11.4. The van der Waals surface area contributed by atoms with Crippen LogP contribution < -0.4 is 9.47 Å². The number of carbonyl (C=O) groups excluding carboxylic acids is 1. The number of benzene rings is 1. The second kappa shape index (κ2) is 6.12. The number of ether oxygens (including phenoxy) is 3. The Balaban J connectivity index is 2.17. The number of esters is 1. The van der Waals surface area contributed by atoms with E-state index in [0.717, 1.165) is 0 Å². The molecule has 1 heterocycles. The molecular weight excluding hydrogens is 284 g/mol. The molecule has 0 saturated carbocycles. The van der Waals surface area contributed by atoms with E-state index >= 15 is 0 Å². The minimum Gasteiger partial charge on any atom is -0.481 e. The molecule has 8 heteroatoms. The molecule has 1 aromatic carbocycles. The zero-order chi connectivity index (χ0) is 15.4. The number of carboxylic acid groups (broad SMARTS) is 2. The Kier molecular flexibility index (Phi) is 4.27. The van der Waals surface area contributed by atoms with Crippen LogP contribution in [0.2, 0.25) is 0 Å². The van der Waals surface area contributed by atoms with Gasteiger partial charge in [-0.1, -0.05) is 6.07 Å². The fraction of sp³-hybridized carbons (Fsp3) is 0.308. The summed E-state index contributed by atoms with van der Waals surface area (Å²) >= 11 is 0. The SMILES string of the molecule is O=C(O)CC(=O)OC(CC(=O)O)c1ccc2c(c1)OCO2. The number of hydrogen-bond donors (Lipinski definition) is 2. The van der Waals surface area contributed by atoms with Gasteiger partial charge in [-0.3, -0.25) is 14.4 Å². The highest BCUT2D eigenvalue weighted by Gasteiger charge is 2.24. The molecule has 1 aliphatic rings. The van der Waals surface area contributed by atoms with E-state index in [0.29, 0.717) is 17.1 Å². The molecule has 1 atom stereocenters. The van der Waals surface area contributed by atoms with E-state index in [-0.39, 0.29) is 6.79 Å². The van der Waals surface area contributed by atoms with Gasteiger partial charge in [0.15, 0.2) is 11.5 Å². The third-order valence-electron chi connectivity index (χ3n) is 2.70. The van der Waals surface area contributed by atoms with Crippen molar-refractivity contribution in [3.63, 3.8) is 0 Å². The average molecular weight is 296 g/mol. The van der Waals surface area contributed by atoms with Crippen LogP contribution in [0.15, 0.2) is 18.2 Å². The van der Waals surface area contributed by atoms with Crippen molar-refractivity contribution in [3.05, 3.63) is 23.8 Å². The number of carbonyl (C=O) groups is 3. The summed E-state index contributed by atoms with van der Waals surface area (Å²) in [6.45, 7) is 0.0567. The lowest BCUT2D eigenvalue weighted by molar-refractivity contribution is -0.157. The molecule has 1 unspecified atom stereocenters. The van der Waals surface area contributed by atoms with E-state index in [1.807, 2.05) is 0 Å². The molecule has 8 nitrogen and oxygen atoms in total. The molecule has 0 aliphatic carbocycles. The quantitative estimate of drug-likeness (QED) is 0.588. The van der Waals surface area contributed by atoms with Gasteiger partial charge in [0.1, 0.15) is 12.5 Å². The Bertz CT molecular complexity index is 580. The van der Waals surface area contributed by atoms with Gasteiger partial charge in [0, 0.05) is 0 Å². The Hall–Kier alpha value is -2.77. The van der Waals surface area contributed by atoms with Crippen LogP contribution in [-0.4, -0.2) is 34.9 Å². The van der Waals surface area contributed by atoms with Crippen molar-refractivity contribution in [1.82, 2.24) is 0 Å². The molecule has 112 valence electrons. The van der Waals surface area contributed by atoms with Crippen molar-refractivity contribution in [2.45, 2.75) is 18.9 Å². The largest absolute Gasteiger partial charge is 0.481 e. The lowest BCUT2D eigenvalue weighted by Crippen LogP contribution is -2.17. The van der Waals surface area contributed by atoms with Crippen molar-refractivity contribution in [3.8, 4) is 11.5 Å². The number of carboxylic acids is 2. The Morgan fingerprint density at radius 3 is 2.52 bits per heavy atom. The van der Waals surface area contributed by atoms with Gasteiger partial charge in [0.25, 0.3) is 0 Å². The second-order valence-electron chi connectivity index (χ2n) is 4.26. The molecule has 0 amide bonds. The molecule has 0 fully saturated rings. The van der Waals surface area contributed by atoms with E-state index in [4.69, 9.17) is 24.4 Å². The first kappa shape index (κ1) is 14.6. The lowest BCUT2D eigenvalue weighted by atomic mass is 10.1. The minimum atomic E-state index is -1.35. The molecule has 0 spiro atoms. The van der Waals surface area contributed by atoms with Gasteiger partial charge < -0.3 is 24.4 Å². The summed E-state index contributed by atoms with van der Waals surface area (Å²) in [4.78, 5) is 32.7. The molecule has 2 rings (SSSR count). The highest BCUT2D eigenvalue weighted by molar-refractivity contribution is 5.90.